The van der Waals surface area contributed by atoms with Crippen LogP contribution in [0, 0.1) is 18.3 Å². The third kappa shape index (κ3) is 6.32. The maximum Gasteiger partial charge on any atom is 0.248 e. The smallest absolute Gasteiger partial charge is 0.248 e. The number of pyridine rings is 2. The highest BCUT2D eigenvalue weighted by Gasteiger charge is 2.16. The normalized spacial score (nSPS) is 11.2. The van der Waals surface area contributed by atoms with Crippen LogP contribution in [-0.4, -0.2) is 52.4 Å². The summed E-state index contributed by atoms with van der Waals surface area (Å²) >= 11 is 0. The van der Waals surface area contributed by atoms with Gasteiger partial charge in [-0.2, -0.15) is 5.26 Å². The number of nitrogens with one attached hydrogen (secondary N) is 2. The summed E-state index contributed by atoms with van der Waals surface area (Å²) in [6, 6.07) is 15.2. The average Bonchev–Trinajstić information content (AvgIpc) is 3.43. The Balaban J connectivity index is 1.46. The number of ether oxygens (including phenoxy) is 2. The van der Waals surface area contributed by atoms with Gasteiger partial charge in [-0.05, 0) is 63.8 Å². The predicted molar refractivity (Wildman–Crippen MR) is 164 cm³/mol. The number of fused-ring (bicyclic) bond motifs is 2. The number of hydrogen-bond donors (Lipinski definition) is 2. The number of rotatable bonds is 10. The molecule has 0 unspecified atom stereocenters. The Labute approximate surface area is 243 Å². The fourth-order valence-electron chi connectivity index (χ4n) is 4.42. The Morgan fingerprint density at radius 2 is 1.98 bits per heavy atom. The van der Waals surface area contributed by atoms with Gasteiger partial charge >= 0.3 is 0 Å². The highest BCUT2D eigenvalue weighted by molar-refractivity contribution is 6.04. The fourth-order valence-corrected chi connectivity index (χ4v) is 4.42. The lowest BCUT2D eigenvalue weighted by molar-refractivity contribution is -0.111. The number of aromatic nitrogens is 3. The fraction of sp³-hybridized carbons (Fsp3) is 0.188. The van der Waals surface area contributed by atoms with Crippen LogP contribution in [0.2, 0.25) is 0 Å². The van der Waals surface area contributed by atoms with Crippen LogP contribution in [0.25, 0.3) is 16.6 Å². The zero-order valence-corrected chi connectivity index (χ0v) is 23.9. The van der Waals surface area contributed by atoms with Crippen molar-refractivity contribution in [1.29, 1.82) is 5.26 Å². The first-order valence-corrected chi connectivity index (χ1v) is 13.4. The molecule has 0 atom stereocenters. The molecule has 5 rings (SSSR count). The van der Waals surface area contributed by atoms with Gasteiger partial charge in [-0.15, -0.1) is 0 Å². The van der Waals surface area contributed by atoms with Crippen LogP contribution in [0.4, 0.5) is 17.1 Å². The van der Waals surface area contributed by atoms with E-state index in [9.17, 15) is 10.1 Å². The molecule has 0 aliphatic heterocycles. The Hall–Kier alpha value is -5.40. The van der Waals surface area contributed by atoms with E-state index in [1.165, 1.54) is 12.3 Å². The number of benzene rings is 2. The minimum Gasteiger partial charge on any atom is -0.492 e. The van der Waals surface area contributed by atoms with Crippen molar-refractivity contribution in [3.8, 4) is 23.3 Å². The predicted octanol–water partition coefficient (Wildman–Crippen LogP) is 6.05. The number of aryl methyl sites for hydroxylation is 1. The maximum atomic E-state index is 12.7. The second kappa shape index (κ2) is 12.4. The van der Waals surface area contributed by atoms with Gasteiger partial charge in [0, 0.05) is 60.6 Å². The van der Waals surface area contributed by atoms with Gasteiger partial charge in [-0.25, -0.2) is 4.98 Å². The molecule has 3 aromatic heterocycles. The number of nitriles is 1. The highest BCUT2D eigenvalue weighted by Crippen LogP contribution is 2.37. The SMILES string of the molecule is CCOc1cc2ncc(C#N)c(Nc3ccc(Oc4ccn5ccnc5c4)c(C)c3)c2cc1NC(=O)/C=C/CN(C)C. The molecule has 2 aromatic carbocycles. The van der Waals surface area contributed by atoms with Crippen LogP contribution in [0.5, 0.6) is 17.2 Å². The van der Waals surface area contributed by atoms with Crippen molar-refractivity contribution < 1.29 is 14.3 Å². The van der Waals surface area contributed by atoms with Crippen molar-refractivity contribution in [1.82, 2.24) is 19.3 Å². The van der Waals surface area contributed by atoms with E-state index in [1.54, 1.807) is 24.4 Å². The van der Waals surface area contributed by atoms with Crippen molar-refractivity contribution in [3.63, 3.8) is 0 Å². The molecule has 0 aliphatic carbocycles. The van der Waals surface area contributed by atoms with Crippen molar-refractivity contribution in [3.05, 3.63) is 90.5 Å². The first-order valence-electron chi connectivity index (χ1n) is 13.4. The zero-order valence-electron chi connectivity index (χ0n) is 23.9. The number of carbonyl (C=O) groups excluding carboxylic acids is 1. The quantitative estimate of drug-likeness (QED) is 0.198. The lowest BCUT2D eigenvalue weighted by Crippen LogP contribution is -2.13. The molecular weight excluding hydrogens is 530 g/mol. The standard InChI is InChI=1S/C32H31N7O3/c1-5-41-29-18-26-25(17-27(29)37-31(40)7-6-12-38(3)4)32(22(19-33)20-35-26)36-23-8-9-28(21(2)15-23)42-24-10-13-39-14-11-34-30(39)16-24/h6-11,13-18,20H,5,12H2,1-4H3,(H,35,36)(H,37,40)/b7-6+. The van der Waals surface area contributed by atoms with E-state index in [0.29, 0.717) is 58.2 Å². The molecule has 212 valence electrons. The summed E-state index contributed by atoms with van der Waals surface area (Å²) in [6.07, 6.45) is 10.3. The third-order valence-electron chi connectivity index (χ3n) is 6.43. The largest absolute Gasteiger partial charge is 0.492 e. The van der Waals surface area contributed by atoms with Crippen LogP contribution in [0.1, 0.15) is 18.1 Å². The molecule has 2 N–H and O–H groups in total. The van der Waals surface area contributed by atoms with Gasteiger partial charge in [-0.1, -0.05) is 6.08 Å². The van der Waals surface area contributed by atoms with E-state index in [4.69, 9.17) is 9.47 Å². The molecular formula is C32H31N7O3. The number of carbonyl (C=O) groups is 1. The topological polar surface area (TPSA) is 117 Å². The number of imidazole rings is 1. The maximum absolute atomic E-state index is 12.7. The van der Waals surface area contributed by atoms with E-state index in [1.807, 2.05) is 80.0 Å². The van der Waals surface area contributed by atoms with Gasteiger partial charge in [0.25, 0.3) is 0 Å². The van der Waals surface area contributed by atoms with Crippen molar-refractivity contribution in [2.75, 3.05) is 37.9 Å². The zero-order chi connectivity index (χ0) is 29.6. The van der Waals surface area contributed by atoms with Crippen LogP contribution >= 0.6 is 0 Å². The summed E-state index contributed by atoms with van der Waals surface area (Å²) in [5.41, 5.74) is 4.49. The second-order valence-corrected chi connectivity index (χ2v) is 9.87. The Morgan fingerprint density at radius 3 is 2.74 bits per heavy atom. The molecule has 0 radical (unpaired) electrons. The molecule has 0 fully saturated rings. The summed E-state index contributed by atoms with van der Waals surface area (Å²) in [7, 11) is 3.86. The van der Waals surface area contributed by atoms with E-state index >= 15 is 0 Å². The molecule has 0 bridgehead atoms. The van der Waals surface area contributed by atoms with Crippen LogP contribution in [0.3, 0.4) is 0 Å². The molecule has 5 aromatic rings. The highest BCUT2D eigenvalue weighted by atomic mass is 16.5. The molecule has 10 nitrogen and oxygen atoms in total. The number of anilines is 3. The van der Waals surface area contributed by atoms with Gasteiger partial charge in [0.15, 0.2) is 0 Å². The lowest BCUT2D eigenvalue weighted by atomic mass is 10.1. The molecule has 0 saturated carbocycles. The minimum absolute atomic E-state index is 0.283. The lowest BCUT2D eigenvalue weighted by Gasteiger charge is -2.17. The van der Waals surface area contributed by atoms with Gasteiger partial charge in [-0.3, -0.25) is 9.78 Å². The third-order valence-corrected chi connectivity index (χ3v) is 6.43. The van der Waals surface area contributed by atoms with Crippen molar-refractivity contribution in [2.24, 2.45) is 0 Å². The second-order valence-electron chi connectivity index (χ2n) is 9.87. The van der Waals surface area contributed by atoms with E-state index in [0.717, 1.165) is 16.9 Å². The first-order chi connectivity index (χ1) is 20.3. The van der Waals surface area contributed by atoms with Crippen LogP contribution in [0.15, 0.2) is 79.4 Å². The molecule has 10 heteroatoms. The molecule has 42 heavy (non-hydrogen) atoms. The van der Waals surface area contributed by atoms with Gasteiger partial charge < -0.3 is 29.4 Å². The summed E-state index contributed by atoms with van der Waals surface area (Å²) < 4.78 is 13.9. The Kier molecular flexibility index (Phi) is 8.32. The Morgan fingerprint density at radius 1 is 1.12 bits per heavy atom. The monoisotopic (exact) mass is 561 g/mol. The van der Waals surface area contributed by atoms with Crippen molar-refractivity contribution >= 4 is 39.5 Å². The molecule has 0 spiro atoms. The van der Waals surface area contributed by atoms with Gasteiger partial charge in [0.2, 0.25) is 5.91 Å². The van der Waals surface area contributed by atoms with Crippen LogP contribution in [-0.2, 0) is 4.79 Å². The molecule has 1 amide bonds. The number of amides is 1. The molecule has 0 saturated heterocycles. The molecule has 0 aliphatic rings. The van der Waals surface area contributed by atoms with E-state index in [2.05, 4.69) is 26.7 Å². The number of likely N-dealkylation sites (N-methyl/N-ethyl adjacent to an activating group) is 1. The van der Waals surface area contributed by atoms with Gasteiger partial charge in [0.05, 0.1) is 29.1 Å². The summed E-state index contributed by atoms with van der Waals surface area (Å²) in [4.78, 5) is 23.4. The van der Waals surface area contributed by atoms with E-state index < -0.39 is 0 Å². The van der Waals surface area contributed by atoms with Gasteiger partial charge in [0.1, 0.15) is 29.0 Å². The average molecular weight is 562 g/mol. The first kappa shape index (κ1) is 28.1. The number of hydrogen-bond acceptors (Lipinski definition) is 8. The van der Waals surface area contributed by atoms with Crippen molar-refractivity contribution in [2.45, 2.75) is 13.8 Å². The summed E-state index contributed by atoms with van der Waals surface area (Å²) in [5.74, 6) is 1.59. The molecule has 3 heterocycles. The van der Waals surface area contributed by atoms with E-state index in [-0.39, 0.29) is 5.91 Å². The van der Waals surface area contributed by atoms with Crippen LogP contribution < -0.4 is 20.1 Å². The summed E-state index contributed by atoms with van der Waals surface area (Å²) in [6.45, 7) is 4.87. The number of nitrogens with zero attached hydrogens (tertiary/aromatic N) is 5. The summed E-state index contributed by atoms with van der Waals surface area (Å²) in [5, 5.41) is 16.9. The Bertz CT molecular complexity index is 1840. The minimum atomic E-state index is -0.283.